The van der Waals surface area contributed by atoms with Gasteiger partial charge in [0.25, 0.3) is 5.69 Å². The number of halogens is 2. The van der Waals surface area contributed by atoms with Crippen molar-refractivity contribution in [3.63, 3.8) is 0 Å². The Morgan fingerprint density at radius 2 is 1.85 bits per heavy atom. The molecule has 0 aliphatic carbocycles. The van der Waals surface area contributed by atoms with Crippen molar-refractivity contribution in [3.05, 3.63) is 62.2 Å². The number of ether oxygens (including phenoxy) is 2. The van der Waals surface area contributed by atoms with Crippen LogP contribution in [-0.4, -0.2) is 29.8 Å². The van der Waals surface area contributed by atoms with Crippen LogP contribution in [0, 0.1) is 20.2 Å². The van der Waals surface area contributed by atoms with E-state index in [-0.39, 0.29) is 17.2 Å². The summed E-state index contributed by atoms with van der Waals surface area (Å²) in [4.78, 5) is 20.2. The number of nitrogens with zero attached hydrogens (tertiary/aromatic N) is 3. The number of hydrogen-bond donors (Lipinski definition) is 1. The van der Waals surface area contributed by atoms with Gasteiger partial charge in [-0.15, -0.1) is 0 Å². The van der Waals surface area contributed by atoms with Crippen LogP contribution in [0.5, 0.6) is 11.5 Å². The molecule has 0 amide bonds. The van der Waals surface area contributed by atoms with Crippen molar-refractivity contribution in [2.45, 2.75) is 6.61 Å². The summed E-state index contributed by atoms with van der Waals surface area (Å²) in [5.74, 6) is -0.121. The Morgan fingerprint density at radius 3 is 2.44 bits per heavy atom. The number of nitrogens with one attached hydrogen (secondary N) is 1. The van der Waals surface area contributed by atoms with Crippen molar-refractivity contribution in [2.75, 3.05) is 12.5 Å². The SMILES string of the molecule is COc1cc(C=NNc2ccc([N+](=O)[O-])cc2[N+](=O)[O-])ccc1OC(F)F. The Morgan fingerprint density at radius 1 is 1.11 bits per heavy atom. The first kappa shape index (κ1) is 19.5. The molecule has 0 atom stereocenters. The summed E-state index contributed by atoms with van der Waals surface area (Å²) >= 11 is 0. The van der Waals surface area contributed by atoms with E-state index >= 15 is 0 Å². The predicted molar refractivity (Wildman–Crippen MR) is 90.6 cm³/mol. The largest absolute Gasteiger partial charge is 0.493 e. The molecule has 0 aliphatic rings. The highest BCUT2D eigenvalue weighted by atomic mass is 19.3. The Balaban J connectivity index is 2.20. The molecule has 2 aromatic carbocycles. The third-order valence-corrected chi connectivity index (χ3v) is 3.19. The Labute approximate surface area is 150 Å². The number of nitro groups is 2. The van der Waals surface area contributed by atoms with Crippen LogP contribution < -0.4 is 14.9 Å². The number of rotatable bonds is 8. The first-order valence-corrected chi connectivity index (χ1v) is 7.16. The standard InChI is InChI=1S/C15H12F2N4O6/c1-26-14-6-9(2-5-13(14)27-15(16)17)8-18-19-11-4-3-10(20(22)23)7-12(11)21(24)25/h2-8,15,19H,1H3. The van der Waals surface area contributed by atoms with Crippen LogP contribution in [0.3, 0.4) is 0 Å². The van der Waals surface area contributed by atoms with Gasteiger partial charge in [-0.3, -0.25) is 25.7 Å². The molecule has 0 spiro atoms. The molecule has 0 fully saturated rings. The van der Waals surface area contributed by atoms with Crippen molar-refractivity contribution in [3.8, 4) is 11.5 Å². The van der Waals surface area contributed by atoms with Gasteiger partial charge in [-0.25, -0.2) is 0 Å². The van der Waals surface area contributed by atoms with E-state index in [9.17, 15) is 29.0 Å². The predicted octanol–water partition coefficient (Wildman–Crippen LogP) is 3.56. The minimum absolute atomic E-state index is 0.0422. The van der Waals surface area contributed by atoms with Crippen molar-refractivity contribution in [1.82, 2.24) is 0 Å². The summed E-state index contributed by atoms with van der Waals surface area (Å²) in [7, 11) is 1.27. The molecule has 0 aromatic heterocycles. The quantitative estimate of drug-likeness (QED) is 0.420. The molecule has 27 heavy (non-hydrogen) atoms. The second kappa shape index (κ2) is 8.51. The lowest BCUT2D eigenvalue weighted by Crippen LogP contribution is -2.04. The van der Waals surface area contributed by atoms with Crippen LogP contribution in [0.4, 0.5) is 25.8 Å². The van der Waals surface area contributed by atoms with Crippen LogP contribution in [0.25, 0.3) is 0 Å². The summed E-state index contributed by atoms with van der Waals surface area (Å²) in [5, 5.41) is 25.5. The molecule has 0 radical (unpaired) electrons. The third-order valence-electron chi connectivity index (χ3n) is 3.19. The fourth-order valence-corrected chi connectivity index (χ4v) is 2.01. The summed E-state index contributed by atoms with van der Waals surface area (Å²) in [6.07, 6.45) is 1.25. The van der Waals surface area contributed by atoms with Gasteiger partial charge in [0.1, 0.15) is 5.69 Å². The Hall–Kier alpha value is -3.83. The van der Waals surface area contributed by atoms with Gasteiger partial charge in [0.15, 0.2) is 11.5 Å². The maximum Gasteiger partial charge on any atom is 0.387 e. The first-order chi connectivity index (χ1) is 12.8. The summed E-state index contributed by atoms with van der Waals surface area (Å²) < 4.78 is 33.8. The normalized spacial score (nSPS) is 10.8. The molecule has 0 saturated carbocycles. The molecule has 0 bridgehead atoms. The maximum absolute atomic E-state index is 12.3. The number of methoxy groups -OCH3 is 1. The van der Waals surface area contributed by atoms with E-state index in [4.69, 9.17) is 4.74 Å². The second-order valence-electron chi connectivity index (χ2n) is 4.87. The van der Waals surface area contributed by atoms with Gasteiger partial charge in [-0.1, -0.05) is 0 Å². The van der Waals surface area contributed by atoms with Crippen LogP contribution in [0.1, 0.15) is 5.56 Å². The molecule has 10 nitrogen and oxygen atoms in total. The van der Waals surface area contributed by atoms with Gasteiger partial charge >= 0.3 is 12.3 Å². The molecular weight excluding hydrogens is 370 g/mol. The first-order valence-electron chi connectivity index (χ1n) is 7.16. The highest BCUT2D eigenvalue weighted by Gasteiger charge is 2.19. The molecule has 0 aliphatic heterocycles. The van der Waals surface area contributed by atoms with Gasteiger partial charge in [0, 0.05) is 6.07 Å². The number of benzene rings is 2. The van der Waals surface area contributed by atoms with E-state index in [1.54, 1.807) is 0 Å². The molecule has 142 valence electrons. The van der Waals surface area contributed by atoms with Crippen LogP contribution in [0.15, 0.2) is 41.5 Å². The van der Waals surface area contributed by atoms with Crippen molar-refractivity contribution >= 4 is 23.3 Å². The van der Waals surface area contributed by atoms with Crippen LogP contribution in [-0.2, 0) is 0 Å². The lowest BCUT2D eigenvalue weighted by Gasteiger charge is -2.10. The summed E-state index contributed by atoms with van der Waals surface area (Å²) in [5.41, 5.74) is 1.80. The lowest BCUT2D eigenvalue weighted by molar-refractivity contribution is -0.393. The lowest BCUT2D eigenvalue weighted by atomic mass is 10.2. The van der Waals surface area contributed by atoms with Crippen molar-refractivity contribution in [2.24, 2.45) is 5.10 Å². The van der Waals surface area contributed by atoms with Gasteiger partial charge in [0.2, 0.25) is 0 Å². The molecule has 0 unspecified atom stereocenters. The van der Waals surface area contributed by atoms with Crippen molar-refractivity contribution in [1.29, 1.82) is 0 Å². The zero-order valence-corrected chi connectivity index (χ0v) is 13.7. The second-order valence-corrected chi connectivity index (χ2v) is 4.87. The smallest absolute Gasteiger partial charge is 0.387 e. The number of non-ortho nitro benzene ring substituents is 1. The van der Waals surface area contributed by atoms with E-state index in [1.807, 2.05) is 0 Å². The average Bonchev–Trinajstić information content (AvgIpc) is 2.62. The molecule has 2 aromatic rings. The van der Waals surface area contributed by atoms with E-state index < -0.39 is 27.8 Å². The maximum atomic E-state index is 12.3. The number of alkyl halides is 2. The van der Waals surface area contributed by atoms with Crippen LogP contribution >= 0.6 is 0 Å². The Bertz CT molecular complexity index is 891. The van der Waals surface area contributed by atoms with Crippen LogP contribution in [0.2, 0.25) is 0 Å². The molecule has 0 heterocycles. The topological polar surface area (TPSA) is 129 Å². The van der Waals surface area contributed by atoms with E-state index in [2.05, 4.69) is 15.3 Å². The zero-order valence-electron chi connectivity index (χ0n) is 13.7. The Kier molecular flexibility index (Phi) is 6.14. The molecule has 1 N–H and O–H groups in total. The van der Waals surface area contributed by atoms with Gasteiger partial charge in [-0.2, -0.15) is 13.9 Å². The zero-order chi connectivity index (χ0) is 20.0. The van der Waals surface area contributed by atoms with Gasteiger partial charge < -0.3 is 9.47 Å². The van der Waals surface area contributed by atoms with Gasteiger partial charge in [-0.05, 0) is 29.8 Å². The van der Waals surface area contributed by atoms with E-state index in [0.29, 0.717) is 5.56 Å². The van der Waals surface area contributed by atoms with E-state index in [1.165, 1.54) is 31.5 Å². The fourth-order valence-electron chi connectivity index (χ4n) is 2.01. The highest BCUT2D eigenvalue weighted by molar-refractivity contribution is 5.82. The molecule has 2 rings (SSSR count). The minimum Gasteiger partial charge on any atom is -0.493 e. The highest BCUT2D eigenvalue weighted by Crippen LogP contribution is 2.30. The average molecular weight is 382 g/mol. The third kappa shape index (κ3) is 5.07. The fraction of sp³-hybridized carbons (Fsp3) is 0.133. The van der Waals surface area contributed by atoms with Crippen molar-refractivity contribution < 1.29 is 28.1 Å². The minimum atomic E-state index is -3.01. The number of hydrazone groups is 1. The molecular formula is C15H12F2N4O6. The molecule has 12 heteroatoms. The number of hydrogen-bond acceptors (Lipinski definition) is 8. The number of nitro benzene ring substituents is 2. The number of anilines is 1. The molecule has 0 saturated heterocycles. The van der Waals surface area contributed by atoms with Gasteiger partial charge in [0.05, 0.1) is 29.2 Å². The summed E-state index contributed by atoms with van der Waals surface area (Å²) in [6.45, 7) is -3.01. The summed E-state index contributed by atoms with van der Waals surface area (Å²) in [6, 6.07) is 7.07. The monoisotopic (exact) mass is 382 g/mol. The van der Waals surface area contributed by atoms with E-state index in [0.717, 1.165) is 18.2 Å².